The molecule has 0 heterocycles. The van der Waals surface area contributed by atoms with E-state index in [1.807, 2.05) is 32.3 Å². The Hall–Kier alpha value is -1.59. The molecule has 0 fully saturated rings. The van der Waals surface area contributed by atoms with Gasteiger partial charge in [0.1, 0.15) is 0 Å². The Morgan fingerprint density at radius 3 is 2.45 bits per heavy atom. The van der Waals surface area contributed by atoms with Crippen molar-refractivity contribution in [1.82, 2.24) is 4.90 Å². The Morgan fingerprint density at radius 1 is 1.25 bits per heavy atom. The van der Waals surface area contributed by atoms with E-state index < -0.39 is 0 Å². The van der Waals surface area contributed by atoms with Crippen LogP contribution in [0.3, 0.4) is 0 Å². The number of rotatable bonds is 8. The molecule has 2 N–H and O–H groups in total. The second-order valence-corrected chi connectivity index (χ2v) is 4.87. The zero-order valence-corrected chi connectivity index (χ0v) is 12.6. The largest absolute Gasteiger partial charge is 0.380 e. The van der Waals surface area contributed by atoms with Crippen molar-refractivity contribution in [2.24, 2.45) is 5.73 Å². The van der Waals surface area contributed by atoms with Crippen molar-refractivity contribution in [1.29, 1.82) is 0 Å². The first-order valence-corrected chi connectivity index (χ1v) is 6.81. The summed E-state index contributed by atoms with van der Waals surface area (Å²) in [5.74, 6) is 0.0590. The third-order valence-electron chi connectivity index (χ3n) is 3.39. The van der Waals surface area contributed by atoms with E-state index in [-0.39, 0.29) is 12.0 Å². The molecule has 1 atom stereocenters. The quantitative estimate of drug-likeness (QED) is 0.769. The summed E-state index contributed by atoms with van der Waals surface area (Å²) in [6.45, 7) is 1.82. The number of benzene rings is 1. The fourth-order valence-electron chi connectivity index (χ4n) is 1.85. The number of amides is 1. The summed E-state index contributed by atoms with van der Waals surface area (Å²) in [5.41, 5.74) is 6.67. The predicted octanol–water partition coefficient (Wildman–Crippen LogP) is 0.945. The van der Waals surface area contributed by atoms with Crippen LogP contribution in [0.25, 0.3) is 0 Å². The van der Waals surface area contributed by atoms with Gasteiger partial charge in [0, 0.05) is 46.5 Å². The molecule has 1 rings (SSSR count). The molecule has 0 aliphatic carbocycles. The van der Waals surface area contributed by atoms with Gasteiger partial charge in [-0.1, -0.05) is 18.2 Å². The molecule has 112 valence electrons. The second kappa shape index (κ2) is 8.55. The first kappa shape index (κ1) is 16.5. The van der Waals surface area contributed by atoms with Crippen LogP contribution in [0.15, 0.2) is 30.3 Å². The zero-order valence-electron chi connectivity index (χ0n) is 12.6. The van der Waals surface area contributed by atoms with Crippen LogP contribution in [0, 0.1) is 0 Å². The highest BCUT2D eigenvalue weighted by atomic mass is 16.5. The molecule has 20 heavy (non-hydrogen) atoms. The lowest BCUT2D eigenvalue weighted by atomic mass is 10.2. The van der Waals surface area contributed by atoms with Crippen molar-refractivity contribution < 1.29 is 9.53 Å². The van der Waals surface area contributed by atoms with Crippen molar-refractivity contribution in [2.75, 3.05) is 45.7 Å². The van der Waals surface area contributed by atoms with E-state index in [2.05, 4.69) is 17.0 Å². The zero-order chi connectivity index (χ0) is 15.0. The molecular formula is C15H25N3O2. The lowest BCUT2D eigenvalue weighted by Gasteiger charge is -2.24. The van der Waals surface area contributed by atoms with Gasteiger partial charge >= 0.3 is 0 Å². The van der Waals surface area contributed by atoms with Crippen LogP contribution < -0.4 is 10.6 Å². The summed E-state index contributed by atoms with van der Waals surface area (Å²) in [6, 6.07) is 10.1. The lowest BCUT2D eigenvalue weighted by Crippen LogP contribution is -2.37. The first-order valence-electron chi connectivity index (χ1n) is 6.81. The SMILES string of the molecule is COC(CN)CC(=O)N(C)CCN(C)c1ccccc1. The molecular weight excluding hydrogens is 254 g/mol. The van der Waals surface area contributed by atoms with E-state index in [9.17, 15) is 4.79 Å². The molecule has 1 amide bonds. The van der Waals surface area contributed by atoms with Gasteiger partial charge in [-0.2, -0.15) is 0 Å². The number of anilines is 1. The smallest absolute Gasteiger partial charge is 0.225 e. The average Bonchev–Trinajstić information content (AvgIpc) is 2.50. The summed E-state index contributed by atoms with van der Waals surface area (Å²) in [5, 5.41) is 0. The fraction of sp³-hybridized carbons (Fsp3) is 0.533. The van der Waals surface area contributed by atoms with Gasteiger partial charge < -0.3 is 20.3 Å². The minimum atomic E-state index is -0.197. The third kappa shape index (κ3) is 5.19. The van der Waals surface area contributed by atoms with Gasteiger partial charge in [0.15, 0.2) is 0 Å². The van der Waals surface area contributed by atoms with Crippen molar-refractivity contribution in [3.8, 4) is 0 Å². The van der Waals surface area contributed by atoms with Crippen LogP contribution in [0.4, 0.5) is 5.69 Å². The number of nitrogens with two attached hydrogens (primary N) is 1. The number of hydrogen-bond donors (Lipinski definition) is 1. The molecule has 0 saturated carbocycles. The molecule has 0 spiro atoms. The predicted molar refractivity (Wildman–Crippen MR) is 81.8 cm³/mol. The van der Waals surface area contributed by atoms with E-state index in [4.69, 9.17) is 10.5 Å². The van der Waals surface area contributed by atoms with Gasteiger partial charge in [0.25, 0.3) is 0 Å². The maximum Gasteiger partial charge on any atom is 0.225 e. The topological polar surface area (TPSA) is 58.8 Å². The van der Waals surface area contributed by atoms with E-state index in [0.29, 0.717) is 19.5 Å². The van der Waals surface area contributed by atoms with Crippen LogP contribution >= 0.6 is 0 Å². The molecule has 0 bridgehead atoms. The minimum absolute atomic E-state index is 0.0590. The average molecular weight is 279 g/mol. The summed E-state index contributed by atoms with van der Waals surface area (Å²) in [6.07, 6.45) is 0.134. The molecule has 5 nitrogen and oxygen atoms in total. The van der Waals surface area contributed by atoms with E-state index in [1.54, 1.807) is 12.0 Å². The number of ether oxygens (including phenoxy) is 1. The molecule has 1 unspecified atom stereocenters. The molecule has 0 aliphatic rings. The van der Waals surface area contributed by atoms with Gasteiger partial charge in [0.2, 0.25) is 5.91 Å². The number of nitrogens with zero attached hydrogens (tertiary/aromatic N) is 2. The molecule has 1 aromatic carbocycles. The summed E-state index contributed by atoms with van der Waals surface area (Å²) < 4.78 is 5.13. The van der Waals surface area contributed by atoms with Crippen LogP contribution in [0.5, 0.6) is 0 Å². The van der Waals surface area contributed by atoms with Crippen LogP contribution in [0.1, 0.15) is 6.42 Å². The molecule has 0 aromatic heterocycles. The summed E-state index contributed by atoms with van der Waals surface area (Å²) in [7, 11) is 5.41. The maximum atomic E-state index is 12.0. The van der Waals surface area contributed by atoms with Crippen molar-refractivity contribution in [3.05, 3.63) is 30.3 Å². The van der Waals surface area contributed by atoms with E-state index in [1.165, 1.54) is 0 Å². The normalized spacial score (nSPS) is 12.0. The highest BCUT2D eigenvalue weighted by molar-refractivity contribution is 5.76. The van der Waals surface area contributed by atoms with E-state index in [0.717, 1.165) is 12.2 Å². The van der Waals surface area contributed by atoms with Gasteiger partial charge in [0.05, 0.1) is 12.5 Å². The van der Waals surface area contributed by atoms with Crippen molar-refractivity contribution >= 4 is 11.6 Å². The Kier molecular flexibility index (Phi) is 7.04. The standard InChI is InChI=1S/C15H25N3O2/c1-17(13-7-5-4-6-8-13)9-10-18(2)15(19)11-14(12-16)20-3/h4-8,14H,9-12,16H2,1-3H3. The fourth-order valence-corrected chi connectivity index (χ4v) is 1.85. The highest BCUT2D eigenvalue weighted by Crippen LogP contribution is 2.10. The van der Waals surface area contributed by atoms with Gasteiger partial charge in [-0.25, -0.2) is 0 Å². The van der Waals surface area contributed by atoms with Crippen molar-refractivity contribution in [2.45, 2.75) is 12.5 Å². The molecule has 0 aliphatic heterocycles. The summed E-state index contributed by atoms with van der Waals surface area (Å²) >= 11 is 0. The number of hydrogen-bond acceptors (Lipinski definition) is 4. The molecule has 1 aromatic rings. The van der Waals surface area contributed by atoms with Gasteiger partial charge in [-0.15, -0.1) is 0 Å². The number of carbonyl (C=O) groups is 1. The Labute approximate surface area is 121 Å². The second-order valence-electron chi connectivity index (χ2n) is 4.87. The van der Waals surface area contributed by atoms with Crippen LogP contribution in [0.2, 0.25) is 0 Å². The van der Waals surface area contributed by atoms with Gasteiger partial charge in [-0.3, -0.25) is 4.79 Å². The number of carbonyl (C=O) groups excluding carboxylic acids is 1. The Morgan fingerprint density at radius 2 is 1.90 bits per heavy atom. The molecule has 0 saturated heterocycles. The van der Waals surface area contributed by atoms with Crippen LogP contribution in [-0.4, -0.2) is 57.8 Å². The number of likely N-dealkylation sites (N-methyl/N-ethyl adjacent to an activating group) is 2. The van der Waals surface area contributed by atoms with Crippen molar-refractivity contribution in [3.63, 3.8) is 0 Å². The molecule has 5 heteroatoms. The highest BCUT2D eigenvalue weighted by Gasteiger charge is 2.15. The monoisotopic (exact) mass is 279 g/mol. The minimum Gasteiger partial charge on any atom is -0.380 e. The molecule has 0 radical (unpaired) electrons. The summed E-state index contributed by atoms with van der Waals surface area (Å²) in [4.78, 5) is 15.8. The third-order valence-corrected chi connectivity index (χ3v) is 3.39. The van der Waals surface area contributed by atoms with Crippen LogP contribution in [-0.2, 0) is 9.53 Å². The van der Waals surface area contributed by atoms with E-state index >= 15 is 0 Å². The lowest BCUT2D eigenvalue weighted by molar-refractivity contribution is -0.132. The maximum absolute atomic E-state index is 12.0. The first-order chi connectivity index (χ1) is 9.58. The Bertz CT molecular complexity index is 393. The number of para-hydroxylation sites is 1. The number of methoxy groups -OCH3 is 1. The Balaban J connectivity index is 2.39. The van der Waals surface area contributed by atoms with Gasteiger partial charge in [-0.05, 0) is 12.1 Å².